The number of alkyl halides is 3. The number of hydrogen-bond donors (Lipinski definition) is 1. The number of hydrogen-bond acceptors (Lipinski definition) is 6. The lowest BCUT2D eigenvalue weighted by Gasteiger charge is -2.24. The molecule has 0 spiro atoms. The summed E-state index contributed by atoms with van der Waals surface area (Å²) in [5.74, 6) is 2.80. The van der Waals surface area contributed by atoms with E-state index >= 15 is 0 Å². The summed E-state index contributed by atoms with van der Waals surface area (Å²) < 4.78 is 10.2. The number of halogens is 3. The van der Waals surface area contributed by atoms with Crippen LogP contribution in [-0.4, -0.2) is 87.2 Å². The molecule has 0 fully saturated rings. The average Bonchev–Trinajstić information content (AvgIpc) is 3.50. The first-order chi connectivity index (χ1) is 21.4. The van der Waals surface area contributed by atoms with E-state index in [-0.39, 0.29) is 6.42 Å². The molecule has 2 aromatic heterocycles. The van der Waals surface area contributed by atoms with E-state index in [1.807, 2.05) is 11.6 Å². The number of carboxylic acid groups (broad SMARTS) is 1. The van der Waals surface area contributed by atoms with E-state index in [9.17, 15) is 4.79 Å². The number of ether oxygens (including phenoxy) is 1. The van der Waals surface area contributed by atoms with E-state index in [0.29, 0.717) is 50.2 Å². The van der Waals surface area contributed by atoms with Gasteiger partial charge in [0.15, 0.2) is 0 Å². The van der Waals surface area contributed by atoms with Gasteiger partial charge >= 0.3 is 5.97 Å². The first-order valence-corrected chi connectivity index (χ1v) is 16.8. The highest BCUT2D eigenvalue weighted by Gasteiger charge is 2.14. The molecule has 0 saturated heterocycles. The second kappa shape index (κ2) is 17.1. The van der Waals surface area contributed by atoms with Crippen LogP contribution in [0, 0.1) is 0 Å². The summed E-state index contributed by atoms with van der Waals surface area (Å²) in [7, 11) is 4.05. The van der Waals surface area contributed by atoms with E-state index in [1.165, 1.54) is 0 Å². The quantitative estimate of drug-likeness (QED) is 0.0884. The number of rotatable bonds is 20. The normalized spacial score (nSPS) is 11.6. The molecule has 0 aliphatic rings. The molecule has 2 aromatic carbocycles. The third kappa shape index (κ3) is 8.93. The van der Waals surface area contributed by atoms with Crippen molar-refractivity contribution in [1.82, 2.24) is 19.1 Å². The highest BCUT2D eigenvalue weighted by Crippen LogP contribution is 2.25. The summed E-state index contributed by atoms with van der Waals surface area (Å²) in [5.41, 5.74) is 6.18. The SMILES string of the molecule is Cn1c(CCCCOCCN(CCCl)c2ccc3c(c2)nc(CCCC(=O)O)n3C)nc2cc(N(CCCl)CCCl)ccc21. The summed E-state index contributed by atoms with van der Waals surface area (Å²) in [6.07, 6.45) is 4.17. The van der Waals surface area contributed by atoms with Crippen LogP contribution in [0.25, 0.3) is 22.1 Å². The molecule has 0 bridgehead atoms. The lowest BCUT2D eigenvalue weighted by Crippen LogP contribution is -2.29. The summed E-state index contributed by atoms with van der Waals surface area (Å²) in [6, 6.07) is 12.6. The summed E-state index contributed by atoms with van der Waals surface area (Å²) >= 11 is 18.1. The number of fused-ring (bicyclic) bond motifs is 2. The number of unbranched alkanes of at least 4 members (excludes halogenated alkanes) is 1. The Morgan fingerprint density at radius 3 is 1.75 bits per heavy atom. The number of aryl methyl sites for hydroxylation is 4. The molecule has 0 aliphatic carbocycles. The summed E-state index contributed by atoms with van der Waals surface area (Å²) in [4.78, 5) is 25.0. The average molecular weight is 666 g/mol. The molecule has 1 N–H and O–H groups in total. The van der Waals surface area contributed by atoms with Crippen LogP contribution < -0.4 is 9.80 Å². The highest BCUT2D eigenvalue weighted by atomic mass is 35.5. The van der Waals surface area contributed by atoms with Gasteiger partial charge in [0.25, 0.3) is 0 Å². The molecule has 0 radical (unpaired) electrons. The van der Waals surface area contributed by atoms with Crippen molar-refractivity contribution >= 4 is 74.2 Å². The molecule has 0 amide bonds. The van der Waals surface area contributed by atoms with Crippen molar-refractivity contribution in [3.8, 4) is 0 Å². The Morgan fingerprint density at radius 1 is 0.750 bits per heavy atom. The zero-order valence-corrected chi connectivity index (χ0v) is 27.9. The minimum Gasteiger partial charge on any atom is -0.481 e. The van der Waals surface area contributed by atoms with Gasteiger partial charge < -0.3 is 28.8 Å². The summed E-state index contributed by atoms with van der Waals surface area (Å²) in [5, 5.41) is 8.95. The molecular formula is C32H43Cl3N6O3. The van der Waals surface area contributed by atoms with Gasteiger partial charge in [-0.15, -0.1) is 34.8 Å². The van der Waals surface area contributed by atoms with E-state index in [1.54, 1.807) is 0 Å². The van der Waals surface area contributed by atoms with Crippen LogP contribution in [-0.2, 0) is 36.5 Å². The molecule has 44 heavy (non-hydrogen) atoms. The minimum atomic E-state index is -0.782. The van der Waals surface area contributed by atoms with Crippen molar-refractivity contribution in [2.75, 3.05) is 66.8 Å². The standard InChI is InChI=1S/C32H43Cl3N6O3/c1-38-28-11-9-24(40(16-13-33)17-14-34)22-26(28)36-30(38)6-3-4-20-44-21-19-41(18-15-35)25-10-12-29-27(23-25)37-31(39(29)2)7-5-8-32(42)43/h9-12,22-23H,3-8,13-21H2,1-2H3,(H,42,43). The van der Waals surface area contributed by atoms with Crippen LogP contribution in [0.1, 0.15) is 37.3 Å². The van der Waals surface area contributed by atoms with Crippen molar-refractivity contribution in [2.45, 2.75) is 38.5 Å². The summed E-state index contributed by atoms with van der Waals surface area (Å²) in [6.45, 7) is 4.23. The van der Waals surface area contributed by atoms with Gasteiger partial charge in [-0.3, -0.25) is 4.79 Å². The van der Waals surface area contributed by atoms with Gasteiger partial charge in [-0.05, 0) is 55.7 Å². The Kier molecular flexibility index (Phi) is 13.3. The van der Waals surface area contributed by atoms with Gasteiger partial charge in [-0.25, -0.2) is 9.97 Å². The smallest absolute Gasteiger partial charge is 0.303 e. The molecule has 9 nitrogen and oxygen atoms in total. The maximum atomic E-state index is 10.9. The fourth-order valence-corrected chi connectivity index (χ4v) is 6.14. The van der Waals surface area contributed by atoms with E-state index in [2.05, 4.69) is 57.8 Å². The number of aliphatic carboxylic acids is 1. The number of carbonyl (C=O) groups is 1. The van der Waals surface area contributed by atoms with Crippen LogP contribution >= 0.6 is 34.8 Å². The molecule has 12 heteroatoms. The second-order valence-electron chi connectivity index (χ2n) is 10.9. The van der Waals surface area contributed by atoms with Gasteiger partial charge in [0.2, 0.25) is 0 Å². The monoisotopic (exact) mass is 664 g/mol. The molecule has 0 aliphatic heterocycles. The predicted octanol–water partition coefficient (Wildman–Crippen LogP) is 6.24. The van der Waals surface area contributed by atoms with Gasteiger partial charge in [0, 0.05) is 95.2 Å². The first-order valence-electron chi connectivity index (χ1n) is 15.2. The zero-order valence-electron chi connectivity index (χ0n) is 25.7. The largest absolute Gasteiger partial charge is 0.481 e. The number of carboxylic acids is 1. The molecule has 4 aromatic rings. The lowest BCUT2D eigenvalue weighted by atomic mass is 10.2. The van der Waals surface area contributed by atoms with Gasteiger partial charge in [-0.2, -0.15) is 0 Å². The number of aromatic nitrogens is 4. The Bertz CT molecular complexity index is 1500. The number of anilines is 2. The van der Waals surface area contributed by atoms with Gasteiger partial charge in [0.1, 0.15) is 11.6 Å². The zero-order chi connectivity index (χ0) is 31.5. The van der Waals surface area contributed by atoms with Crippen molar-refractivity contribution in [3.63, 3.8) is 0 Å². The third-order valence-corrected chi connectivity index (χ3v) is 8.45. The molecule has 0 atom stereocenters. The lowest BCUT2D eigenvalue weighted by molar-refractivity contribution is -0.137. The first kappa shape index (κ1) is 34.2. The molecular weight excluding hydrogens is 623 g/mol. The van der Waals surface area contributed by atoms with Crippen LogP contribution in [0.3, 0.4) is 0 Å². The van der Waals surface area contributed by atoms with Crippen molar-refractivity contribution in [3.05, 3.63) is 48.0 Å². The van der Waals surface area contributed by atoms with Crippen LogP contribution in [0.4, 0.5) is 11.4 Å². The number of benzene rings is 2. The van der Waals surface area contributed by atoms with E-state index in [4.69, 9.17) is 54.6 Å². The molecule has 0 unspecified atom stereocenters. The van der Waals surface area contributed by atoms with Gasteiger partial charge in [-0.1, -0.05) is 0 Å². The van der Waals surface area contributed by atoms with Crippen molar-refractivity contribution in [2.24, 2.45) is 14.1 Å². The third-order valence-electron chi connectivity index (χ3n) is 7.94. The second-order valence-corrected chi connectivity index (χ2v) is 12.0. The Balaban J connectivity index is 1.25. The molecule has 0 saturated carbocycles. The predicted molar refractivity (Wildman–Crippen MR) is 182 cm³/mol. The Hall–Kier alpha value is -2.72. The number of imidazole rings is 2. The highest BCUT2D eigenvalue weighted by molar-refractivity contribution is 6.18. The fraction of sp³-hybridized carbons (Fsp3) is 0.531. The maximum Gasteiger partial charge on any atom is 0.303 e. The van der Waals surface area contributed by atoms with Gasteiger partial charge in [0.05, 0.1) is 28.7 Å². The maximum absolute atomic E-state index is 10.9. The van der Waals surface area contributed by atoms with E-state index in [0.717, 1.165) is 84.0 Å². The Morgan fingerprint density at radius 2 is 1.25 bits per heavy atom. The van der Waals surface area contributed by atoms with Crippen LogP contribution in [0.2, 0.25) is 0 Å². The van der Waals surface area contributed by atoms with Crippen molar-refractivity contribution < 1.29 is 14.6 Å². The molecule has 2 heterocycles. The van der Waals surface area contributed by atoms with Crippen molar-refractivity contribution in [1.29, 1.82) is 0 Å². The topological polar surface area (TPSA) is 88.7 Å². The minimum absolute atomic E-state index is 0.142. The fourth-order valence-electron chi connectivity index (χ4n) is 5.52. The van der Waals surface area contributed by atoms with Crippen LogP contribution in [0.5, 0.6) is 0 Å². The molecule has 4 rings (SSSR count). The number of nitrogens with zero attached hydrogens (tertiary/aromatic N) is 6. The van der Waals surface area contributed by atoms with Crippen LogP contribution in [0.15, 0.2) is 36.4 Å². The van der Waals surface area contributed by atoms with E-state index < -0.39 is 5.97 Å². The molecule has 240 valence electrons. The Labute approximate surface area is 274 Å².